The number of phenolic OH excluding ortho intramolecular Hbond substituents is 1. The zero-order chi connectivity index (χ0) is 15.4. The summed E-state index contributed by atoms with van der Waals surface area (Å²) in [7, 11) is 0. The van der Waals surface area contributed by atoms with Crippen molar-refractivity contribution >= 4 is 17.6 Å². The molecule has 0 aliphatic carbocycles. The summed E-state index contributed by atoms with van der Waals surface area (Å²) in [6.07, 6.45) is -0.122. The Morgan fingerprint density at radius 3 is 2.52 bits per heavy atom. The SMILES string of the molecule is O=C(Cc1ccccc1O)Nc1ccc(F)cc1C(=O)O. The first-order chi connectivity index (χ1) is 9.97. The number of hydrogen-bond donors (Lipinski definition) is 3. The lowest BCUT2D eigenvalue weighted by Crippen LogP contribution is -2.17. The van der Waals surface area contributed by atoms with E-state index in [1.807, 2.05) is 0 Å². The highest BCUT2D eigenvalue weighted by atomic mass is 19.1. The van der Waals surface area contributed by atoms with E-state index in [1.54, 1.807) is 18.2 Å². The molecule has 0 aliphatic heterocycles. The highest BCUT2D eigenvalue weighted by molar-refractivity contribution is 6.01. The molecule has 0 saturated carbocycles. The fourth-order valence-electron chi connectivity index (χ4n) is 1.83. The van der Waals surface area contributed by atoms with Gasteiger partial charge in [-0.2, -0.15) is 0 Å². The third-order valence-corrected chi connectivity index (χ3v) is 2.83. The highest BCUT2D eigenvalue weighted by Crippen LogP contribution is 2.19. The van der Waals surface area contributed by atoms with Crippen molar-refractivity contribution < 1.29 is 24.2 Å². The van der Waals surface area contributed by atoms with E-state index >= 15 is 0 Å². The number of amides is 1. The van der Waals surface area contributed by atoms with E-state index in [0.717, 1.165) is 12.1 Å². The first kappa shape index (κ1) is 14.5. The van der Waals surface area contributed by atoms with Crippen molar-refractivity contribution in [2.45, 2.75) is 6.42 Å². The third-order valence-electron chi connectivity index (χ3n) is 2.83. The highest BCUT2D eigenvalue weighted by Gasteiger charge is 2.14. The number of nitrogens with one attached hydrogen (secondary N) is 1. The number of carbonyl (C=O) groups is 2. The third kappa shape index (κ3) is 3.56. The number of rotatable bonds is 4. The number of carbonyl (C=O) groups excluding carboxylic acids is 1. The molecule has 0 heterocycles. The summed E-state index contributed by atoms with van der Waals surface area (Å²) in [5.74, 6) is -2.57. The maximum atomic E-state index is 13.0. The van der Waals surface area contributed by atoms with Gasteiger partial charge in [0.25, 0.3) is 0 Å². The van der Waals surface area contributed by atoms with Crippen LogP contribution in [0.3, 0.4) is 0 Å². The van der Waals surface area contributed by atoms with Crippen molar-refractivity contribution in [2.75, 3.05) is 5.32 Å². The van der Waals surface area contributed by atoms with E-state index in [4.69, 9.17) is 5.11 Å². The molecule has 2 rings (SSSR count). The maximum absolute atomic E-state index is 13.0. The zero-order valence-corrected chi connectivity index (χ0v) is 10.8. The Kier molecular flexibility index (Phi) is 4.18. The molecule has 5 nitrogen and oxygen atoms in total. The van der Waals surface area contributed by atoms with Gasteiger partial charge in [-0.25, -0.2) is 9.18 Å². The molecule has 0 aromatic heterocycles. The van der Waals surface area contributed by atoms with E-state index < -0.39 is 17.7 Å². The summed E-state index contributed by atoms with van der Waals surface area (Å²) in [5, 5.41) is 21.0. The van der Waals surface area contributed by atoms with Crippen LogP contribution in [0.15, 0.2) is 42.5 Å². The van der Waals surface area contributed by atoms with Crippen LogP contribution in [-0.4, -0.2) is 22.1 Å². The number of aromatic hydroxyl groups is 1. The second-order valence-corrected chi connectivity index (χ2v) is 4.35. The summed E-state index contributed by atoms with van der Waals surface area (Å²) in [6.45, 7) is 0. The van der Waals surface area contributed by atoms with E-state index in [0.29, 0.717) is 5.56 Å². The number of phenols is 1. The summed E-state index contributed by atoms with van der Waals surface area (Å²) in [5.41, 5.74) is 0.0824. The van der Waals surface area contributed by atoms with Gasteiger partial charge in [0.1, 0.15) is 11.6 Å². The van der Waals surface area contributed by atoms with Crippen molar-refractivity contribution in [3.8, 4) is 5.75 Å². The predicted octanol–water partition coefficient (Wildman–Crippen LogP) is 2.41. The quantitative estimate of drug-likeness (QED) is 0.806. The molecular weight excluding hydrogens is 277 g/mol. The fraction of sp³-hybridized carbons (Fsp3) is 0.0667. The minimum absolute atomic E-state index is 0.00400. The fourth-order valence-corrected chi connectivity index (χ4v) is 1.83. The molecule has 0 unspecified atom stereocenters. The monoisotopic (exact) mass is 289 g/mol. The van der Waals surface area contributed by atoms with E-state index in [2.05, 4.69) is 5.32 Å². The van der Waals surface area contributed by atoms with E-state index in [9.17, 15) is 19.1 Å². The summed E-state index contributed by atoms with van der Waals surface area (Å²) >= 11 is 0. The molecule has 2 aromatic rings. The van der Waals surface area contributed by atoms with Gasteiger partial charge in [0.2, 0.25) is 5.91 Å². The topological polar surface area (TPSA) is 86.6 Å². The van der Waals surface area contributed by atoms with Crippen LogP contribution in [0.2, 0.25) is 0 Å². The van der Waals surface area contributed by atoms with Crippen LogP contribution >= 0.6 is 0 Å². The second-order valence-electron chi connectivity index (χ2n) is 4.35. The maximum Gasteiger partial charge on any atom is 0.337 e. The summed E-state index contributed by atoms with van der Waals surface area (Å²) in [4.78, 5) is 22.9. The lowest BCUT2D eigenvalue weighted by Gasteiger charge is -2.09. The molecule has 0 atom stereocenters. The Labute approximate surface area is 119 Å². The van der Waals surface area contributed by atoms with Crippen molar-refractivity contribution in [3.63, 3.8) is 0 Å². The standard InChI is InChI=1S/C15H12FNO4/c16-10-5-6-12(11(8-10)15(20)21)17-14(19)7-9-3-1-2-4-13(9)18/h1-6,8,18H,7H2,(H,17,19)(H,20,21). The van der Waals surface area contributed by atoms with Gasteiger partial charge in [-0.1, -0.05) is 18.2 Å². The van der Waals surface area contributed by atoms with Crippen LogP contribution in [0.25, 0.3) is 0 Å². The Morgan fingerprint density at radius 1 is 1.14 bits per heavy atom. The minimum atomic E-state index is -1.34. The Bertz CT molecular complexity index is 700. The number of halogens is 1. The molecule has 108 valence electrons. The normalized spacial score (nSPS) is 10.1. The van der Waals surface area contributed by atoms with Gasteiger partial charge in [0.15, 0.2) is 0 Å². The molecular formula is C15H12FNO4. The summed E-state index contributed by atoms with van der Waals surface area (Å²) in [6, 6.07) is 9.39. The van der Waals surface area contributed by atoms with Crippen molar-refractivity contribution in [3.05, 3.63) is 59.4 Å². The molecule has 0 radical (unpaired) electrons. The largest absolute Gasteiger partial charge is 0.508 e. The van der Waals surface area contributed by atoms with E-state index in [1.165, 1.54) is 12.1 Å². The Balaban J connectivity index is 2.17. The van der Waals surface area contributed by atoms with Crippen LogP contribution < -0.4 is 5.32 Å². The van der Waals surface area contributed by atoms with Crippen LogP contribution in [0.4, 0.5) is 10.1 Å². The molecule has 3 N–H and O–H groups in total. The van der Waals surface area contributed by atoms with Gasteiger partial charge in [-0.15, -0.1) is 0 Å². The Morgan fingerprint density at radius 2 is 1.86 bits per heavy atom. The van der Waals surface area contributed by atoms with Crippen LogP contribution in [-0.2, 0) is 11.2 Å². The number of aromatic carboxylic acids is 1. The van der Waals surface area contributed by atoms with Gasteiger partial charge in [0, 0.05) is 5.56 Å². The summed E-state index contributed by atoms with van der Waals surface area (Å²) < 4.78 is 13.0. The molecule has 2 aromatic carbocycles. The average molecular weight is 289 g/mol. The van der Waals surface area contributed by atoms with Crippen LogP contribution in [0, 0.1) is 5.82 Å². The molecule has 6 heteroatoms. The van der Waals surface area contributed by atoms with Crippen LogP contribution in [0.1, 0.15) is 15.9 Å². The minimum Gasteiger partial charge on any atom is -0.508 e. The van der Waals surface area contributed by atoms with Crippen molar-refractivity contribution in [1.82, 2.24) is 0 Å². The Hall–Kier alpha value is -2.89. The molecule has 0 saturated heterocycles. The van der Waals surface area contributed by atoms with Crippen molar-refractivity contribution in [1.29, 1.82) is 0 Å². The smallest absolute Gasteiger partial charge is 0.337 e. The molecule has 0 fully saturated rings. The van der Waals surface area contributed by atoms with Gasteiger partial charge in [0.05, 0.1) is 17.7 Å². The number of benzene rings is 2. The van der Waals surface area contributed by atoms with Gasteiger partial charge < -0.3 is 15.5 Å². The lowest BCUT2D eigenvalue weighted by atomic mass is 10.1. The first-order valence-electron chi connectivity index (χ1n) is 6.07. The molecule has 1 amide bonds. The molecule has 0 spiro atoms. The number of hydrogen-bond acceptors (Lipinski definition) is 3. The second kappa shape index (κ2) is 6.04. The molecule has 0 aliphatic rings. The molecule has 0 bridgehead atoms. The van der Waals surface area contributed by atoms with Crippen molar-refractivity contribution in [2.24, 2.45) is 0 Å². The molecule has 21 heavy (non-hydrogen) atoms. The van der Waals surface area contributed by atoms with Crippen LogP contribution in [0.5, 0.6) is 5.75 Å². The number of carboxylic acid groups (broad SMARTS) is 1. The van der Waals surface area contributed by atoms with Gasteiger partial charge in [-0.05, 0) is 24.3 Å². The first-order valence-corrected chi connectivity index (χ1v) is 6.07. The predicted molar refractivity (Wildman–Crippen MR) is 73.8 cm³/mol. The number of anilines is 1. The zero-order valence-electron chi connectivity index (χ0n) is 10.8. The number of para-hydroxylation sites is 1. The van der Waals surface area contributed by atoms with E-state index in [-0.39, 0.29) is 23.4 Å². The van der Waals surface area contributed by atoms with Gasteiger partial charge in [-0.3, -0.25) is 4.79 Å². The average Bonchev–Trinajstić information content (AvgIpc) is 2.43. The lowest BCUT2D eigenvalue weighted by molar-refractivity contribution is -0.115. The number of carboxylic acids is 1. The van der Waals surface area contributed by atoms with Gasteiger partial charge >= 0.3 is 5.97 Å².